The molecule has 17 heavy (non-hydrogen) atoms. The molecule has 1 N–H and O–H groups in total. The molecular weight excluding hydrogens is 236 g/mol. The summed E-state index contributed by atoms with van der Waals surface area (Å²) in [6.07, 6.45) is 1.32. The third-order valence-electron chi connectivity index (χ3n) is 3.02. The second-order valence-corrected chi connectivity index (χ2v) is 5.65. The Kier molecular flexibility index (Phi) is 3.88. The lowest BCUT2D eigenvalue weighted by atomic mass is 9.80. The number of aromatic hydroxyl groups is 1. The minimum absolute atomic E-state index is 0.0781. The van der Waals surface area contributed by atoms with E-state index in [0.717, 1.165) is 11.1 Å². The van der Waals surface area contributed by atoms with Crippen LogP contribution >= 0.6 is 11.6 Å². The molecule has 1 aromatic carbocycles. The van der Waals surface area contributed by atoms with Crippen molar-refractivity contribution in [3.63, 3.8) is 0 Å². The maximum absolute atomic E-state index is 11.0. The Hall–Kier alpha value is -1.02. The number of carbonyl (C=O) groups is 1. The quantitative estimate of drug-likeness (QED) is 0.810. The highest BCUT2D eigenvalue weighted by Crippen LogP contribution is 2.41. The molecule has 0 aliphatic carbocycles. The van der Waals surface area contributed by atoms with Crippen molar-refractivity contribution >= 4 is 17.9 Å². The number of rotatable bonds is 2. The smallest absolute Gasteiger partial charge is 0.154 e. The van der Waals surface area contributed by atoms with Gasteiger partial charge in [-0.3, -0.25) is 4.79 Å². The number of phenols is 1. The van der Waals surface area contributed by atoms with Crippen LogP contribution in [0.3, 0.4) is 0 Å². The van der Waals surface area contributed by atoms with Crippen molar-refractivity contribution in [1.29, 1.82) is 0 Å². The van der Waals surface area contributed by atoms with Gasteiger partial charge in [0.15, 0.2) is 6.29 Å². The monoisotopic (exact) mass is 254 g/mol. The Balaban J connectivity index is 3.79. The number of benzene rings is 1. The minimum Gasteiger partial charge on any atom is -0.507 e. The SMILES string of the molecule is CCc1c(O)c(C=O)c(C)c(Cl)c1C(C)(C)C. The second kappa shape index (κ2) is 4.69. The summed E-state index contributed by atoms with van der Waals surface area (Å²) in [5, 5.41) is 10.7. The van der Waals surface area contributed by atoms with Crippen LogP contribution in [-0.4, -0.2) is 11.4 Å². The van der Waals surface area contributed by atoms with Crippen LogP contribution in [0.2, 0.25) is 5.02 Å². The van der Waals surface area contributed by atoms with Gasteiger partial charge in [-0.15, -0.1) is 0 Å². The first-order chi connectivity index (χ1) is 7.75. The van der Waals surface area contributed by atoms with Gasteiger partial charge in [-0.05, 0) is 35.4 Å². The Morgan fingerprint density at radius 3 is 2.24 bits per heavy atom. The molecule has 1 rings (SSSR count). The van der Waals surface area contributed by atoms with E-state index < -0.39 is 0 Å². The van der Waals surface area contributed by atoms with Crippen molar-refractivity contribution in [1.82, 2.24) is 0 Å². The molecule has 0 aromatic heterocycles. The minimum atomic E-state index is -0.161. The average molecular weight is 255 g/mol. The van der Waals surface area contributed by atoms with Crippen molar-refractivity contribution in [3.05, 3.63) is 27.3 Å². The lowest BCUT2D eigenvalue weighted by Crippen LogP contribution is -2.16. The molecule has 0 bridgehead atoms. The predicted octanol–water partition coefficient (Wildman–Crippen LogP) is 4.03. The zero-order valence-electron chi connectivity index (χ0n) is 11.0. The summed E-state index contributed by atoms with van der Waals surface area (Å²) in [4.78, 5) is 11.0. The van der Waals surface area contributed by atoms with Gasteiger partial charge in [0.25, 0.3) is 0 Å². The van der Waals surface area contributed by atoms with Crippen molar-refractivity contribution < 1.29 is 9.90 Å². The fourth-order valence-electron chi connectivity index (χ4n) is 2.17. The van der Waals surface area contributed by atoms with E-state index in [4.69, 9.17) is 11.6 Å². The average Bonchev–Trinajstić information content (AvgIpc) is 2.22. The van der Waals surface area contributed by atoms with E-state index in [9.17, 15) is 9.90 Å². The fourth-order valence-corrected chi connectivity index (χ4v) is 2.67. The number of hydrogen-bond acceptors (Lipinski definition) is 2. The first-order valence-corrected chi connectivity index (χ1v) is 6.13. The Labute approximate surface area is 108 Å². The molecule has 0 saturated carbocycles. The van der Waals surface area contributed by atoms with E-state index in [2.05, 4.69) is 0 Å². The highest BCUT2D eigenvalue weighted by Gasteiger charge is 2.26. The molecule has 0 unspecified atom stereocenters. The van der Waals surface area contributed by atoms with Crippen molar-refractivity contribution in [3.8, 4) is 5.75 Å². The van der Waals surface area contributed by atoms with Gasteiger partial charge in [-0.2, -0.15) is 0 Å². The van der Waals surface area contributed by atoms with E-state index in [1.165, 1.54) is 0 Å². The highest BCUT2D eigenvalue weighted by molar-refractivity contribution is 6.33. The van der Waals surface area contributed by atoms with Crippen molar-refractivity contribution in [2.45, 2.75) is 46.5 Å². The van der Waals surface area contributed by atoms with Crippen LogP contribution in [0.5, 0.6) is 5.75 Å². The Morgan fingerprint density at radius 1 is 1.35 bits per heavy atom. The molecular formula is C14H19ClO2. The van der Waals surface area contributed by atoms with Crippen LogP contribution in [0.15, 0.2) is 0 Å². The largest absolute Gasteiger partial charge is 0.507 e. The van der Waals surface area contributed by atoms with Gasteiger partial charge in [-0.1, -0.05) is 39.3 Å². The van der Waals surface area contributed by atoms with E-state index in [-0.39, 0.29) is 11.2 Å². The van der Waals surface area contributed by atoms with E-state index >= 15 is 0 Å². The predicted molar refractivity (Wildman–Crippen MR) is 71.3 cm³/mol. The van der Waals surface area contributed by atoms with Crippen LogP contribution in [0.1, 0.15) is 54.7 Å². The molecule has 0 amide bonds. The molecule has 0 heterocycles. The topological polar surface area (TPSA) is 37.3 Å². The molecule has 0 fully saturated rings. The molecule has 0 atom stereocenters. The summed E-state index contributed by atoms with van der Waals surface area (Å²) in [5.74, 6) is 0.0781. The Bertz CT molecular complexity index is 457. The normalized spacial score (nSPS) is 11.6. The van der Waals surface area contributed by atoms with Gasteiger partial charge in [0.1, 0.15) is 5.75 Å². The first-order valence-electron chi connectivity index (χ1n) is 5.75. The summed E-state index contributed by atoms with van der Waals surface area (Å²) in [5.41, 5.74) is 2.50. The maximum atomic E-state index is 11.0. The van der Waals surface area contributed by atoms with Crippen LogP contribution in [0.25, 0.3) is 0 Å². The maximum Gasteiger partial charge on any atom is 0.154 e. The summed E-state index contributed by atoms with van der Waals surface area (Å²) < 4.78 is 0. The van der Waals surface area contributed by atoms with E-state index in [1.807, 2.05) is 27.7 Å². The van der Waals surface area contributed by atoms with Crippen LogP contribution in [-0.2, 0) is 11.8 Å². The van der Waals surface area contributed by atoms with Crippen molar-refractivity contribution in [2.24, 2.45) is 0 Å². The molecule has 0 spiro atoms. The standard InChI is InChI=1S/C14H19ClO2/c1-6-9-11(14(3,4)5)12(15)8(2)10(7-16)13(9)17/h7,17H,6H2,1-5H3. The molecule has 1 aromatic rings. The van der Waals surface area contributed by atoms with Crippen LogP contribution < -0.4 is 0 Å². The van der Waals surface area contributed by atoms with Gasteiger partial charge in [0.2, 0.25) is 0 Å². The third kappa shape index (κ3) is 2.32. The second-order valence-electron chi connectivity index (χ2n) is 5.28. The molecule has 0 radical (unpaired) electrons. The number of aldehydes is 1. The van der Waals surface area contributed by atoms with E-state index in [0.29, 0.717) is 28.9 Å². The van der Waals surface area contributed by atoms with Gasteiger partial charge < -0.3 is 5.11 Å². The van der Waals surface area contributed by atoms with Gasteiger partial charge in [0.05, 0.1) is 5.56 Å². The third-order valence-corrected chi connectivity index (χ3v) is 3.49. The van der Waals surface area contributed by atoms with Crippen LogP contribution in [0, 0.1) is 6.92 Å². The fraction of sp³-hybridized carbons (Fsp3) is 0.500. The molecule has 0 aliphatic rings. The van der Waals surface area contributed by atoms with E-state index in [1.54, 1.807) is 6.92 Å². The molecule has 3 heteroatoms. The summed E-state index contributed by atoms with van der Waals surface area (Å²) in [6, 6.07) is 0. The van der Waals surface area contributed by atoms with Gasteiger partial charge in [-0.25, -0.2) is 0 Å². The summed E-state index contributed by atoms with van der Waals surface area (Å²) in [7, 11) is 0. The number of carbonyl (C=O) groups excluding carboxylic acids is 1. The number of halogens is 1. The molecule has 0 aliphatic heterocycles. The molecule has 2 nitrogen and oxygen atoms in total. The zero-order valence-corrected chi connectivity index (χ0v) is 11.8. The summed E-state index contributed by atoms with van der Waals surface area (Å²) >= 11 is 6.35. The Morgan fingerprint density at radius 2 is 1.88 bits per heavy atom. The van der Waals surface area contributed by atoms with Gasteiger partial charge in [0, 0.05) is 5.02 Å². The zero-order chi connectivity index (χ0) is 13.4. The number of hydrogen-bond donors (Lipinski definition) is 1. The first kappa shape index (κ1) is 14.0. The van der Waals surface area contributed by atoms with Crippen LogP contribution in [0.4, 0.5) is 0 Å². The summed E-state index contributed by atoms with van der Waals surface area (Å²) in [6.45, 7) is 9.86. The lowest BCUT2D eigenvalue weighted by molar-refractivity contribution is 0.112. The lowest BCUT2D eigenvalue weighted by Gasteiger charge is -2.27. The molecule has 0 saturated heterocycles. The van der Waals surface area contributed by atoms with Gasteiger partial charge >= 0.3 is 0 Å². The van der Waals surface area contributed by atoms with Crippen molar-refractivity contribution in [2.75, 3.05) is 0 Å². The highest BCUT2D eigenvalue weighted by atomic mass is 35.5. The molecule has 94 valence electrons. The number of phenolic OH excluding ortho intramolecular Hbond substituents is 1.